The Labute approximate surface area is 80.4 Å². The van der Waals surface area contributed by atoms with E-state index in [-0.39, 0.29) is 5.56 Å². The summed E-state index contributed by atoms with van der Waals surface area (Å²) in [7, 11) is 0. The molecule has 0 atom stereocenters. The average molecular weight is 187 g/mol. The van der Waals surface area contributed by atoms with Crippen LogP contribution in [0, 0.1) is 0 Å². The van der Waals surface area contributed by atoms with Crippen molar-refractivity contribution in [2.75, 3.05) is 5.73 Å². The van der Waals surface area contributed by atoms with Crippen LogP contribution in [0.1, 0.15) is 0 Å². The summed E-state index contributed by atoms with van der Waals surface area (Å²) in [5.74, 6) is 0.496. The fourth-order valence-electron chi connectivity index (χ4n) is 1.22. The largest absolute Gasteiger partial charge is 0.398 e. The number of H-pyrrole nitrogens is 1. The highest BCUT2D eigenvalue weighted by atomic mass is 16.1. The monoisotopic (exact) mass is 187 g/mol. The van der Waals surface area contributed by atoms with E-state index in [0.717, 1.165) is 5.56 Å². The molecule has 1 heterocycles. The lowest BCUT2D eigenvalue weighted by Gasteiger charge is -2.02. The number of aromatic nitrogens is 2. The summed E-state index contributed by atoms with van der Waals surface area (Å²) in [6.45, 7) is 0. The highest BCUT2D eigenvalue weighted by Gasteiger charge is 2.02. The molecule has 4 heteroatoms. The van der Waals surface area contributed by atoms with E-state index >= 15 is 0 Å². The molecule has 0 fully saturated rings. The molecular weight excluding hydrogens is 178 g/mol. The SMILES string of the molecule is Nc1ccccc1-c1nccc(=O)[nH]1. The Morgan fingerprint density at radius 2 is 2.00 bits per heavy atom. The van der Waals surface area contributed by atoms with Crippen LogP contribution in [0.3, 0.4) is 0 Å². The second-order valence-electron chi connectivity index (χ2n) is 2.87. The number of hydrogen-bond donors (Lipinski definition) is 2. The lowest BCUT2D eigenvalue weighted by Crippen LogP contribution is -2.06. The Morgan fingerprint density at radius 1 is 1.21 bits per heavy atom. The Balaban J connectivity index is 2.61. The van der Waals surface area contributed by atoms with Crippen LogP contribution in [0.15, 0.2) is 41.3 Å². The van der Waals surface area contributed by atoms with Crippen molar-refractivity contribution in [3.63, 3.8) is 0 Å². The molecule has 14 heavy (non-hydrogen) atoms. The zero-order valence-electron chi connectivity index (χ0n) is 7.40. The summed E-state index contributed by atoms with van der Waals surface area (Å²) in [4.78, 5) is 17.7. The molecule has 1 aromatic heterocycles. The van der Waals surface area contributed by atoms with Crippen molar-refractivity contribution in [1.82, 2.24) is 9.97 Å². The van der Waals surface area contributed by atoms with E-state index in [2.05, 4.69) is 9.97 Å². The van der Waals surface area contributed by atoms with E-state index in [9.17, 15) is 4.79 Å². The van der Waals surface area contributed by atoms with Crippen molar-refractivity contribution in [2.45, 2.75) is 0 Å². The van der Waals surface area contributed by atoms with Crippen molar-refractivity contribution in [3.8, 4) is 11.4 Å². The third kappa shape index (κ3) is 1.50. The van der Waals surface area contributed by atoms with Crippen LogP contribution in [-0.2, 0) is 0 Å². The van der Waals surface area contributed by atoms with Gasteiger partial charge in [0, 0.05) is 23.5 Å². The lowest BCUT2D eigenvalue weighted by molar-refractivity contribution is 1.13. The summed E-state index contributed by atoms with van der Waals surface area (Å²) in [6, 6.07) is 8.62. The van der Waals surface area contributed by atoms with Gasteiger partial charge in [0.1, 0.15) is 5.82 Å². The molecule has 70 valence electrons. The predicted molar refractivity (Wildman–Crippen MR) is 54.7 cm³/mol. The molecule has 0 unspecified atom stereocenters. The van der Waals surface area contributed by atoms with Crippen LogP contribution in [0.4, 0.5) is 5.69 Å². The first-order chi connectivity index (χ1) is 6.77. The first kappa shape index (κ1) is 8.50. The molecular formula is C10H9N3O. The number of aromatic amines is 1. The molecule has 2 rings (SSSR count). The van der Waals surface area contributed by atoms with Crippen molar-refractivity contribution in [1.29, 1.82) is 0 Å². The average Bonchev–Trinajstić information content (AvgIpc) is 2.18. The van der Waals surface area contributed by atoms with Crippen LogP contribution in [0.5, 0.6) is 0 Å². The van der Waals surface area contributed by atoms with E-state index in [1.165, 1.54) is 12.3 Å². The minimum Gasteiger partial charge on any atom is -0.398 e. The van der Waals surface area contributed by atoms with E-state index in [4.69, 9.17) is 5.73 Å². The van der Waals surface area contributed by atoms with Gasteiger partial charge in [0.2, 0.25) is 0 Å². The molecule has 2 aromatic rings. The third-order valence-electron chi connectivity index (χ3n) is 1.89. The number of anilines is 1. The maximum Gasteiger partial charge on any atom is 0.251 e. The number of nitrogens with one attached hydrogen (secondary N) is 1. The first-order valence-electron chi connectivity index (χ1n) is 4.17. The van der Waals surface area contributed by atoms with Gasteiger partial charge in [-0.05, 0) is 12.1 Å². The number of nitrogens with zero attached hydrogens (tertiary/aromatic N) is 1. The molecule has 0 aliphatic heterocycles. The minimum atomic E-state index is -0.182. The van der Waals surface area contributed by atoms with Gasteiger partial charge in [-0.25, -0.2) is 4.98 Å². The van der Waals surface area contributed by atoms with Gasteiger partial charge in [-0.3, -0.25) is 4.79 Å². The first-order valence-corrected chi connectivity index (χ1v) is 4.17. The number of nitrogen functional groups attached to an aromatic ring is 1. The zero-order valence-corrected chi connectivity index (χ0v) is 7.40. The van der Waals surface area contributed by atoms with Crippen molar-refractivity contribution in [2.24, 2.45) is 0 Å². The number of para-hydroxylation sites is 1. The smallest absolute Gasteiger partial charge is 0.251 e. The Hall–Kier alpha value is -2.10. The molecule has 0 amide bonds. The van der Waals surface area contributed by atoms with Gasteiger partial charge in [-0.2, -0.15) is 0 Å². The van der Waals surface area contributed by atoms with Crippen LogP contribution in [0.2, 0.25) is 0 Å². The lowest BCUT2D eigenvalue weighted by atomic mass is 10.2. The van der Waals surface area contributed by atoms with Gasteiger partial charge >= 0.3 is 0 Å². The van der Waals surface area contributed by atoms with Gasteiger partial charge in [-0.1, -0.05) is 12.1 Å². The van der Waals surface area contributed by atoms with Crippen LogP contribution >= 0.6 is 0 Å². The predicted octanol–water partition coefficient (Wildman–Crippen LogP) is 1.02. The normalized spacial score (nSPS) is 10.0. The molecule has 0 radical (unpaired) electrons. The Kier molecular flexibility index (Phi) is 2.02. The van der Waals surface area contributed by atoms with Crippen LogP contribution in [0.25, 0.3) is 11.4 Å². The molecule has 4 nitrogen and oxygen atoms in total. The van der Waals surface area contributed by atoms with Crippen molar-refractivity contribution in [3.05, 3.63) is 46.9 Å². The number of rotatable bonds is 1. The summed E-state index contributed by atoms with van der Waals surface area (Å²) in [5.41, 5.74) is 6.90. The third-order valence-corrected chi connectivity index (χ3v) is 1.89. The van der Waals surface area contributed by atoms with Gasteiger partial charge in [-0.15, -0.1) is 0 Å². The van der Waals surface area contributed by atoms with E-state index in [1.807, 2.05) is 18.2 Å². The number of benzene rings is 1. The maximum atomic E-state index is 11.0. The highest BCUT2D eigenvalue weighted by molar-refractivity contribution is 5.70. The Bertz CT molecular complexity index is 504. The summed E-state index contributed by atoms with van der Waals surface area (Å²) >= 11 is 0. The molecule has 0 aliphatic rings. The van der Waals surface area contributed by atoms with Gasteiger partial charge in [0.05, 0.1) is 0 Å². The second kappa shape index (κ2) is 3.33. The van der Waals surface area contributed by atoms with Gasteiger partial charge < -0.3 is 10.7 Å². The zero-order chi connectivity index (χ0) is 9.97. The van der Waals surface area contributed by atoms with Gasteiger partial charge in [0.15, 0.2) is 0 Å². The summed E-state index contributed by atoms with van der Waals surface area (Å²) in [6.07, 6.45) is 1.46. The number of nitrogens with two attached hydrogens (primary N) is 1. The van der Waals surface area contributed by atoms with Crippen molar-refractivity contribution < 1.29 is 0 Å². The molecule has 0 saturated carbocycles. The molecule has 3 N–H and O–H groups in total. The highest BCUT2D eigenvalue weighted by Crippen LogP contribution is 2.19. The summed E-state index contributed by atoms with van der Waals surface area (Å²) < 4.78 is 0. The van der Waals surface area contributed by atoms with E-state index in [0.29, 0.717) is 11.5 Å². The molecule has 0 bridgehead atoms. The van der Waals surface area contributed by atoms with Crippen LogP contribution in [-0.4, -0.2) is 9.97 Å². The molecule has 1 aromatic carbocycles. The Morgan fingerprint density at radius 3 is 2.71 bits per heavy atom. The molecule has 0 aliphatic carbocycles. The maximum absolute atomic E-state index is 11.0. The topological polar surface area (TPSA) is 71.8 Å². The minimum absolute atomic E-state index is 0.182. The molecule has 0 saturated heterocycles. The van der Waals surface area contributed by atoms with Crippen molar-refractivity contribution >= 4 is 5.69 Å². The van der Waals surface area contributed by atoms with E-state index < -0.39 is 0 Å². The van der Waals surface area contributed by atoms with Gasteiger partial charge in [0.25, 0.3) is 5.56 Å². The van der Waals surface area contributed by atoms with Crippen LogP contribution < -0.4 is 11.3 Å². The summed E-state index contributed by atoms with van der Waals surface area (Å²) in [5, 5.41) is 0. The quantitative estimate of drug-likeness (QED) is 0.654. The molecule has 0 spiro atoms. The fourth-order valence-corrected chi connectivity index (χ4v) is 1.22. The fraction of sp³-hybridized carbons (Fsp3) is 0. The standard InChI is InChI=1S/C10H9N3O/c11-8-4-2-1-3-7(8)10-12-6-5-9(14)13-10/h1-6H,11H2,(H,12,13,14). The number of hydrogen-bond acceptors (Lipinski definition) is 3. The second-order valence-corrected chi connectivity index (χ2v) is 2.87. The van der Waals surface area contributed by atoms with E-state index in [1.54, 1.807) is 6.07 Å².